The Morgan fingerprint density at radius 3 is 3.11 bits per heavy atom. The van der Waals surface area contributed by atoms with Gasteiger partial charge in [-0.1, -0.05) is 11.6 Å². The van der Waals surface area contributed by atoms with Gasteiger partial charge in [-0.15, -0.1) is 0 Å². The van der Waals surface area contributed by atoms with Crippen molar-refractivity contribution in [1.82, 2.24) is 9.88 Å². The Hall–Kier alpha value is -0.840. The Bertz CT molecular complexity index is 465. The van der Waals surface area contributed by atoms with Gasteiger partial charge in [0.1, 0.15) is 5.82 Å². The van der Waals surface area contributed by atoms with E-state index in [1.807, 2.05) is 12.3 Å². The van der Waals surface area contributed by atoms with Crippen LogP contribution in [0.25, 0.3) is 0 Å². The van der Waals surface area contributed by atoms with Crippen LogP contribution in [-0.2, 0) is 6.54 Å². The number of hydrogen-bond donors (Lipinski definition) is 1. The maximum absolute atomic E-state index is 6.45. The van der Waals surface area contributed by atoms with E-state index in [9.17, 15) is 0 Å². The lowest BCUT2D eigenvalue weighted by molar-refractivity contribution is 0.202. The maximum Gasteiger partial charge on any atom is 0.148 e. The minimum Gasteiger partial charge on any atom is -0.350 e. The first-order chi connectivity index (χ1) is 9.20. The summed E-state index contributed by atoms with van der Waals surface area (Å²) in [5.41, 5.74) is 6.71. The molecule has 2 unspecified atom stereocenters. The summed E-state index contributed by atoms with van der Waals surface area (Å²) in [5.74, 6) is 0.906. The number of piperazine rings is 1. The molecule has 2 N–H and O–H groups in total. The molecule has 1 aromatic heterocycles. The van der Waals surface area contributed by atoms with Crippen LogP contribution in [0.15, 0.2) is 12.3 Å². The normalized spacial score (nSPS) is 27.6. The van der Waals surface area contributed by atoms with Crippen LogP contribution < -0.4 is 10.6 Å². The first kappa shape index (κ1) is 13.2. The number of hydrogen-bond acceptors (Lipinski definition) is 4. The molecule has 2 aliphatic rings. The summed E-state index contributed by atoms with van der Waals surface area (Å²) in [6.45, 7) is 6.10. The lowest BCUT2D eigenvalue weighted by atomic mass is 10.1. The molecule has 5 heteroatoms. The highest BCUT2D eigenvalue weighted by atomic mass is 35.5. The quantitative estimate of drug-likeness (QED) is 0.898. The van der Waals surface area contributed by atoms with Crippen LogP contribution >= 0.6 is 11.6 Å². The summed E-state index contributed by atoms with van der Waals surface area (Å²) in [4.78, 5) is 9.45. The second kappa shape index (κ2) is 5.27. The lowest BCUT2D eigenvalue weighted by Gasteiger charge is -2.43. The first-order valence-corrected chi connectivity index (χ1v) is 7.42. The van der Waals surface area contributed by atoms with Gasteiger partial charge >= 0.3 is 0 Å². The Kier molecular flexibility index (Phi) is 3.65. The molecule has 3 rings (SSSR count). The average molecular weight is 281 g/mol. The van der Waals surface area contributed by atoms with Gasteiger partial charge in [-0.3, -0.25) is 4.90 Å². The largest absolute Gasteiger partial charge is 0.350 e. The van der Waals surface area contributed by atoms with E-state index in [1.54, 1.807) is 0 Å². The molecule has 0 amide bonds. The Balaban J connectivity index is 1.89. The predicted octanol–water partition coefficient (Wildman–Crippen LogP) is 1.87. The first-order valence-electron chi connectivity index (χ1n) is 7.05. The third-order valence-electron chi connectivity index (χ3n) is 4.38. The molecule has 0 radical (unpaired) electrons. The number of rotatable bonds is 2. The SMILES string of the molecule is CC1CN2CCCC2CN1c1nccc(CN)c1Cl. The van der Waals surface area contributed by atoms with E-state index in [1.165, 1.54) is 19.4 Å². The molecular weight excluding hydrogens is 260 g/mol. The second-order valence-corrected chi connectivity index (χ2v) is 5.98. The van der Waals surface area contributed by atoms with Gasteiger partial charge in [-0.2, -0.15) is 0 Å². The van der Waals surface area contributed by atoms with Crippen molar-refractivity contribution in [3.63, 3.8) is 0 Å². The minimum atomic E-state index is 0.451. The predicted molar refractivity (Wildman–Crippen MR) is 78.5 cm³/mol. The molecule has 19 heavy (non-hydrogen) atoms. The van der Waals surface area contributed by atoms with E-state index in [2.05, 4.69) is 21.7 Å². The van der Waals surface area contributed by atoms with Crippen LogP contribution in [0.1, 0.15) is 25.3 Å². The molecule has 2 saturated heterocycles. The van der Waals surface area contributed by atoms with E-state index < -0.39 is 0 Å². The number of fused-ring (bicyclic) bond motifs is 1. The number of aromatic nitrogens is 1. The van der Waals surface area contributed by atoms with Gasteiger partial charge in [0, 0.05) is 37.9 Å². The third-order valence-corrected chi connectivity index (χ3v) is 4.79. The van der Waals surface area contributed by atoms with Crippen molar-refractivity contribution in [2.45, 2.75) is 38.4 Å². The van der Waals surface area contributed by atoms with Crippen molar-refractivity contribution >= 4 is 17.4 Å². The number of nitrogens with zero attached hydrogens (tertiary/aromatic N) is 3. The molecule has 2 atom stereocenters. The number of anilines is 1. The van der Waals surface area contributed by atoms with Crippen LogP contribution in [-0.4, -0.2) is 41.6 Å². The molecule has 2 fully saturated rings. The Labute approximate surface area is 119 Å². The standard InChI is InChI=1S/C14H21ClN4/c1-10-8-18-6-2-3-12(18)9-19(10)14-13(15)11(7-16)4-5-17-14/h4-5,10,12H,2-3,6-9,16H2,1H3. The summed E-state index contributed by atoms with van der Waals surface area (Å²) >= 11 is 6.45. The third kappa shape index (κ3) is 2.33. The van der Waals surface area contributed by atoms with Crippen molar-refractivity contribution in [3.05, 3.63) is 22.8 Å². The summed E-state index contributed by atoms with van der Waals surface area (Å²) in [7, 11) is 0. The topological polar surface area (TPSA) is 45.4 Å². The van der Waals surface area contributed by atoms with Crippen LogP contribution in [0.4, 0.5) is 5.82 Å². The van der Waals surface area contributed by atoms with Crippen LogP contribution in [0.5, 0.6) is 0 Å². The molecular formula is C14H21ClN4. The van der Waals surface area contributed by atoms with E-state index in [0.29, 0.717) is 18.6 Å². The fraction of sp³-hybridized carbons (Fsp3) is 0.643. The molecule has 2 aliphatic heterocycles. The molecule has 3 heterocycles. The van der Waals surface area contributed by atoms with Crippen molar-refractivity contribution in [3.8, 4) is 0 Å². The number of pyridine rings is 1. The molecule has 0 aromatic carbocycles. The summed E-state index contributed by atoms with van der Waals surface area (Å²) in [6.07, 6.45) is 4.42. The van der Waals surface area contributed by atoms with Crippen molar-refractivity contribution in [1.29, 1.82) is 0 Å². The van der Waals surface area contributed by atoms with E-state index in [4.69, 9.17) is 17.3 Å². The molecule has 0 saturated carbocycles. The average Bonchev–Trinajstić information content (AvgIpc) is 2.85. The highest BCUT2D eigenvalue weighted by molar-refractivity contribution is 6.33. The fourth-order valence-electron chi connectivity index (χ4n) is 3.31. The zero-order valence-corrected chi connectivity index (χ0v) is 12.1. The summed E-state index contributed by atoms with van der Waals surface area (Å²) in [5, 5.41) is 0.725. The minimum absolute atomic E-state index is 0.451. The van der Waals surface area contributed by atoms with E-state index in [-0.39, 0.29) is 0 Å². The van der Waals surface area contributed by atoms with Crippen LogP contribution in [0.2, 0.25) is 5.02 Å². The highest BCUT2D eigenvalue weighted by Gasteiger charge is 2.35. The molecule has 0 aliphatic carbocycles. The number of nitrogens with two attached hydrogens (primary N) is 1. The maximum atomic E-state index is 6.45. The van der Waals surface area contributed by atoms with Gasteiger partial charge in [-0.05, 0) is 37.9 Å². The van der Waals surface area contributed by atoms with Gasteiger partial charge < -0.3 is 10.6 Å². The molecule has 104 valence electrons. The molecule has 0 bridgehead atoms. The van der Waals surface area contributed by atoms with Gasteiger partial charge in [0.2, 0.25) is 0 Å². The monoisotopic (exact) mass is 280 g/mol. The Morgan fingerprint density at radius 2 is 2.32 bits per heavy atom. The fourth-order valence-corrected chi connectivity index (χ4v) is 3.61. The Morgan fingerprint density at radius 1 is 1.47 bits per heavy atom. The van der Waals surface area contributed by atoms with Gasteiger partial charge in [0.05, 0.1) is 5.02 Å². The van der Waals surface area contributed by atoms with Crippen molar-refractivity contribution in [2.75, 3.05) is 24.5 Å². The zero-order chi connectivity index (χ0) is 13.4. The molecule has 1 aromatic rings. The van der Waals surface area contributed by atoms with E-state index in [0.717, 1.165) is 29.5 Å². The van der Waals surface area contributed by atoms with E-state index >= 15 is 0 Å². The summed E-state index contributed by atoms with van der Waals surface area (Å²) in [6, 6.07) is 3.02. The second-order valence-electron chi connectivity index (χ2n) is 5.60. The van der Waals surface area contributed by atoms with Crippen LogP contribution in [0.3, 0.4) is 0 Å². The van der Waals surface area contributed by atoms with Crippen LogP contribution in [0, 0.1) is 0 Å². The smallest absolute Gasteiger partial charge is 0.148 e. The highest BCUT2D eigenvalue weighted by Crippen LogP contribution is 2.32. The lowest BCUT2D eigenvalue weighted by Crippen LogP contribution is -2.55. The van der Waals surface area contributed by atoms with Gasteiger partial charge in [-0.25, -0.2) is 4.98 Å². The van der Waals surface area contributed by atoms with Gasteiger partial charge in [0.25, 0.3) is 0 Å². The van der Waals surface area contributed by atoms with Gasteiger partial charge in [0.15, 0.2) is 0 Å². The van der Waals surface area contributed by atoms with Crippen molar-refractivity contribution < 1.29 is 0 Å². The van der Waals surface area contributed by atoms with Crippen molar-refractivity contribution in [2.24, 2.45) is 5.73 Å². The molecule has 0 spiro atoms. The molecule has 4 nitrogen and oxygen atoms in total. The zero-order valence-electron chi connectivity index (χ0n) is 11.3. The summed E-state index contributed by atoms with van der Waals surface area (Å²) < 4.78 is 0. The number of halogens is 1.